The standard InChI is InChI=1S/C25H28FN9/c1-33-6-8-34(9-7-33)23-12-22-21(11-20(23)26)31-25(32-22)19-10-16(13-29-24(19)27)17-14-30-35(15-17)18-2-4-28-5-3-18/h4,10-15,18H,2-3,5-9H2,1H3,(H2,27,29)(H,31,32). The molecule has 0 aliphatic carbocycles. The number of imidazole rings is 1. The Morgan fingerprint density at radius 1 is 1.09 bits per heavy atom. The van der Waals surface area contributed by atoms with Gasteiger partial charge in [-0.1, -0.05) is 0 Å². The van der Waals surface area contributed by atoms with E-state index in [1.54, 1.807) is 6.20 Å². The molecule has 0 bridgehead atoms. The van der Waals surface area contributed by atoms with Crippen molar-refractivity contribution in [2.45, 2.75) is 18.9 Å². The highest BCUT2D eigenvalue weighted by atomic mass is 19.1. The number of pyridine rings is 1. The second-order valence-electron chi connectivity index (χ2n) is 9.33. The van der Waals surface area contributed by atoms with E-state index in [9.17, 15) is 4.39 Å². The Kier molecular flexibility index (Phi) is 5.44. The molecule has 9 nitrogen and oxygen atoms in total. The van der Waals surface area contributed by atoms with Crippen molar-refractivity contribution in [3.8, 4) is 22.5 Å². The number of nitrogen functional groups attached to an aromatic ring is 1. The number of aliphatic imine (C=N–C) groups is 1. The van der Waals surface area contributed by atoms with E-state index in [1.807, 2.05) is 35.4 Å². The Hall–Kier alpha value is -3.79. The number of nitrogens with one attached hydrogen (secondary N) is 1. The van der Waals surface area contributed by atoms with Crippen LogP contribution in [0, 0.1) is 5.82 Å². The third kappa shape index (κ3) is 4.14. The third-order valence-corrected chi connectivity index (χ3v) is 6.98. The number of rotatable bonds is 4. The van der Waals surface area contributed by atoms with Gasteiger partial charge in [0.25, 0.3) is 0 Å². The Labute approximate surface area is 202 Å². The van der Waals surface area contributed by atoms with Crippen LogP contribution in [0.25, 0.3) is 33.5 Å². The largest absolute Gasteiger partial charge is 0.383 e. The molecular weight excluding hydrogens is 445 g/mol. The minimum absolute atomic E-state index is 0.253. The van der Waals surface area contributed by atoms with E-state index in [1.165, 1.54) is 6.07 Å². The van der Waals surface area contributed by atoms with Gasteiger partial charge in [0.15, 0.2) is 0 Å². The highest BCUT2D eigenvalue weighted by molar-refractivity contribution is 5.86. The van der Waals surface area contributed by atoms with E-state index < -0.39 is 0 Å². The van der Waals surface area contributed by atoms with Crippen molar-refractivity contribution < 1.29 is 4.39 Å². The quantitative estimate of drug-likeness (QED) is 0.471. The summed E-state index contributed by atoms with van der Waals surface area (Å²) >= 11 is 0. The van der Waals surface area contributed by atoms with Gasteiger partial charge in [0, 0.05) is 74.9 Å². The number of benzene rings is 1. The van der Waals surface area contributed by atoms with Gasteiger partial charge >= 0.3 is 0 Å². The van der Waals surface area contributed by atoms with Crippen molar-refractivity contribution in [1.29, 1.82) is 0 Å². The molecule has 0 amide bonds. The zero-order chi connectivity index (χ0) is 23.9. The Bertz CT molecular complexity index is 1400. The lowest BCUT2D eigenvalue weighted by Gasteiger charge is -2.34. The number of hydrogen-bond acceptors (Lipinski definition) is 7. The van der Waals surface area contributed by atoms with Gasteiger partial charge in [-0.3, -0.25) is 9.67 Å². The molecule has 0 radical (unpaired) electrons. The number of hydrogen-bond donors (Lipinski definition) is 2. The molecule has 3 aromatic heterocycles. The van der Waals surface area contributed by atoms with Crippen molar-refractivity contribution in [1.82, 2.24) is 29.6 Å². The first-order valence-corrected chi connectivity index (χ1v) is 12.0. The molecule has 6 rings (SSSR count). The third-order valence-electron chi connectivity index (χ3n) is 6.98. The number of piperazine rings is 1. The van der Waals surface area contributed by atoms with Crippen LogP contribution in [-0.4, -0.2) is 75.6 Å². The lowest BCUT2D eigenvalue weighted by molar-refractivity contribution is 0.312. The van der Waals surface area contributed by atoms with Crippen LogP contribution in [0.1, 0.15) is 18.9 Å². The molecule has 3 N–H and O–H groups in total. The molecule has 10 heteroatoms. The summed E-state index contributed by atoms with van der Waals surface area (Å²) in [7, 11) is 2.08. The fourth-order valence-corrected chi connectivity index (χ4v) is 4.82. The summed E-state index contributed by atoms with van der Waals surface area (Å²) < 4.78 is 17.0. The molecule has 0 saturated carbocycles. The minimum Gasteiger partial charge on any atom is -0.383 e. The predicted octanol–water partition coefficient (Wildman–Crippen LogP) is 3.37. The van der Waals surface area contributed by atoms with Crippen molar-refractivity contribution in [2.75, 3.05) is 50.4 Å². The summed E-state index contributed by atoms with van der Waals surface area (Å²) in [4.78, 5) is 21.0. The second-order valence-corrected chi connectivity index (χ2v) is 9.33. The lowest BCUT2D eigenvalue weighted by atomic mass is 10.1. The molecule has 2 aliphatic rings. The maximum atomic E-state index is 15.0. The number of aromatic amines is 1. The molecule has 1 saturated heterocycles. The molecule has 1 unspecified atom stereocenters. The Morgan fingerprint density at radius 2 is 1.94 bits per heavy atom. The highest BCUT2D eigenvalue weighted by Crippen LogP contribution is 2.32. The van der Waals surface area contributed by atoms with E-state index in [0.29, 0.717) is 40.0 Å². The van der Waals surface area contributed by atoms with Crippen molar-refractivity contribution >= 4 is 28.8 Å². The number of fused-ring (bicyclic) bond motifs is 1. The van der Waals surface area contributed by atoms with Gasteiger partial charge in [0.1, 0.15) is 17.5 Å². The van der Waals surface area contributed by atoms with E-state index in [-0.39, 0.29) is 5.82 Å². The van der Waals surface area contributed by atoms with Crippen molar-refractivity contribution in [3.63, 3.8) is 0 Å². The minimum atomic E-state index is -0.253. The van der Waals surface area contributed by atoms with E-state index in [2.05, 4.69) is 36.9 Å². The van der Waals surface area contributed by atoms with Gasteiger partial charge in [0.05, 0.1) is 34.5 Å². The monoisotopic (exact) mass is 473 g/mol. The van der Waals surface area contributed by atoms with Gasteiger partial charge < -0.3 is 20.5 Å². The number of nitrogens with zero attached hydrogens (tertiary/aromatic N) is 7. The molecule has 0 spiro atoms. The normalized spacial score (nSPS) is 19.0. The molecule has 2 aliphatic heterocycles. The fourth-order valence-electron chi connectivity index (χ4n) is 4.82. The van der Waals surface area contributed by atoms with Crippen molar-refractivity contribution in [3.05, 3.63) is 42.6 Å². The second kappa shape index (κ2) is 8.77. The summed E-state index contributed by atoms with van der Waals surface area (Å²) in [6.07, 6.45) is 9.47. The zero-order valence-electron chi connectivity index (χ0n) is 19.7. The van der Waals surface area contributed by atoms with Crippen LogP contribution in [0.2, 0.25) is 0 Å². The number of halogens is 1. The van der Waals surface area contributed by atoms with Crippen LogP contribution in [0.4, 0.5) is 15.9 Å². The SMILES string of the molecule is CN1CCN(c2cc3nc(-c4cc(-c5cnn(C6CC=NCC6)c5)cnc4N)[nH]c3cc2F)CC1. The summed E-state index contributed by atoms with van der Waals surface area (Å²) in [5.41, 5.74) is 10.7. The molecule has 1 fully saturated rings. The van der Waals surface area contributed by atoms with E-state index in [4.69, 9.17) is 10.7 Å². The highest BCUT2D eigenvalue weighted by Gasteiger charge is 2.20. The average molecular weight is 474 g/mol. The van der Waals surface area contributed by atoms with Gasteiger partial charge in [-0.05, 0) is 25.6 Å². The van der Waals surface area contributed by atoms with E-state index in [0.717, 1.165) is 56.7 Å². The summed E-state index contributed by atoms with van der Waals surface area (Å²) in [5.74, 6) is 0.679. The first kappa shape index (κ1) is 21.7. The lowest BCUT2D eigenvalue weighted by Crippen LogP contribution is -2.44. The molecular formula is C25H28FN9. The molecule has 180 valence electrons. The number of aromatic nitrogens is 5. The van der Waals surface area contributed by atoms with Gasteiger partial charge in [0.2, 0.25) is 0 Å². The first-order chi connectivity index (χ1) is 17.0. The topological polar surface area (TPSA) is 104 Å². The Balaban J connectivity index is 1.32. The van der Waals surface area contributed by atoms with Crippen LogP contribution in [0.5, 0.6) is 0 Å². The smallest absolute Gasteiger partial charge is 0.148 e. The molecule has 1 atom stereocenters. The summed E-state index contributed by atoms with van der Waals surface area (Å²) in [6.45, 7) is 4.22. The number of nitrogens with two attached hydrogens (primary N) is 1. The van der Waals surface area contributed by atoms with Crippen LogP contribution < -0.4 is 10.6 Å². The van der Waals surface area contributed by atoms with Crippen LogP contribution >= 0.6 is 0 Å². The van der Waals surface area contributed by atoms with Crippen LogP contribution in [0.15, 0.2) is 41.8 Å². The van der Waals surface area contributed by atoms with Crippen LogP contribution in [0.3, 0.4) is 0 Å². The molecule has 1 aromatic carbocycles. The van der Waals surface area contributed by atoms with Crippen LogP contribution in [-0.2, 0) is 0 Å². The first-order valence-electron chi connectivity index (χ1n) is 12.0. The maximum absolute atomic E-state index is 15.0. The van der Waals surface area contributed by atoms with Gasteiger partial charge in [-0.25, -0.2) is 14.4 Å². The van der Waals surface area contributed by atoms with Gasteiger partial charge in [-0.15, -0.1) is 0 Å². The predicted molar refractivity (Wildman–Crippen MR) is 136 cm³/mol. The number of anilines is 2. The number of H-pyrrole nitrogens is 1. The Morgan fingerprint density at radius 3 is 2.74 bits per heavy atom. The molecule has 4 aromatic rings. The fraction of sp³-hybridized carbons (Fsp3) is 0.360. The average Bonchev–Trinajstić information content (AvgIpc) is 3.52. The number of likely N-dealkylation sites (N-methyl/N-ethyl adjacent to an activating group) is 1. The van der Waals surface area contributed by atoms with Crippen molar-refractivity contribution in [2.24, 2.45) is 4.99 Å². The van der Waals surface area contributed by atoms with Gasteiger partial charge in [-0.2, -0.15) is 5.10 Å². The summed E-state index contributed by atoms with van der Waals surface area (Å²) in [6, 6.07) is 5.62. The van der Waals surface area contributed by atoms with E-state index >= 15 is 0 Å². The summed E-state index contributed by atoms with van der Waals surface area (Å²) in [5, 5.41) is 4.57. The molecule has 35 heavy (non-hydrogen) atoms. The molecule has 5 heterocycles. The zero-order valence-corrected chi connectivity index (χ0v) is 19.7. The maximum Gasteiger partial charge on any atom is 0.148 e.